The molecule has 1 aliphatic heterocycles. The highest BCUT2D eigenvalue weighted by atomic mass is 19.1. The van der Waals surface area contributed by atoms with Crippen molar-refractivity contribution in [1.29, 1.82) is 0 Å². The van der Waals surface area contributed by atoms with E-state index in [1.54, 1.807) is 12.1 Å². The summed E-state index contributed by atoms with van der Waals surface area (Å²) >= 11 is 0. The Kier molecular flexibility index (Phi) is 5.77. The van der Waals surface area contributed by atoms with E-state index in [0.717, 1.165) is 31.6 Å². The summed E-state index contributed by atoms with van der Waals surface area (Å²) in [6.45, 7) is 11.8. The first kappa shape index (κ1) is 16.4. The normalized spacial score (nSPS) is 25.0. The van der Waals surface area contributed by atoms with Gasteiger partial charge < -0.3 is 5.32 Å². The van der Waals surface area contributed by atoms with Gasteiger partial charge in [-0.3, -0.25) is 4.90 Å². The minimum absolute atomic E-state index is 0.128. The predicted molar refractivity (Wildman–Crippen MR) is 86.9 cm³/mol. The smallest absolute Gasteiger partial charge is 0.123 e. The molecule has 21 heavy (non-hydrogen) atoms. The molecule has 0 spiro atoms. The topological polar surface area (TPSA) is 15.3 Å². The summed E-state index contributed by atoms with van der Waals surface area (Å²) in [5, 5.41) is 3.70. The number of halogens is 1. The Morgan fingerprint density at radius 2 is 2.14 bits per heavy atom. The van der Waals surface area contributed by atoms with Crippen LogP contribution in [0.15, 0.2) is 18.2 Å². The summed E-state index contributed by atoms with van der Waals surface area (Å²) in [5.41, 5.74) is 2.31. The van der Waals surface area contributed by atoms with Gasteiger partial charge in [0.05, 0.1) is 0 Å². The Balaban J connectivity index is 2.12. The van der Waals surface area contributed by atoms with Crippen LogP contribution in [0.3, 0.4) is 0 Å². The summed E-state index contributed by atoms with van der Waals surface area (Å²) in [5.74, 6) is 0.552. The van der Waals surface area contributed by atoms with Crippen molar-refractivity contribution in [2.24, 2.45) is 5.92 Å². The van der Waals surface area contributed by atoms with Crippen molar-refractivity contribution in [3.63, 3.8) is 0 Å². The predicted octanol–water partition coefficient (Wildman–Crippen LogP) is 3.73. The molecule has 1 heterocycles. The molecule has 1 aromatic rings. The number of hydrogen-bond acceptors (Lipinski definition) is 2. The largest absolute Gasteiger partial charge is 0.311 e. The molecule has 0 aromatic heterocycles. The van der Waals surface area contributed by atoms with Gasteiger partial charge in [-0.05, 0) is 42.5 Å². The molecule has 2 nitrogen and oxygen atoms in total. The standard InChI is InChI=1S/C18H29FN2/c1-5-13(3)18-12-21(17(6-2)10-20-18)11-15-9-16(19)8-7-14(15)4/h7-9,13,17-18,20H,5-6,10-12H2,1-4H3. The third-order valence-electron chi connectivity index (χ3n) is 5.05. The first-order valence-electron chi connectivity index (χ1n) is 8.27. The molecule has 1 fully saturated rings. The molecule has 0 saturated carbocycles. The maximum absolute atomic E-state index is 13.5. The highest BCUT2D eigenvalue weighted by Gasteiger charge is 2.29. The molecule has 0 radical (unpaired) electrons. The van der Waals surface area contributed by atoms with Crippen LogP contribution in [-0.2, 0) is 6.54 Å². The summed E-state index contributed by atoms with van der Waals surface area (Å²) in [7, 11) is 0. The van der Waals surface area contributed by atoms with E-state index in [1.165, 1.54) is 12.0 Å². The molecule has 0 bridgehead atoms. The van der Waals surface area contributed by atoms with Crippen molar-refractivity contribution < 1.29 is 4.39 Å². The second kappa shape index (κ2) is 7.37. The van der Waals surface area contributed by atoms with Crippen molar-refractivity contribution in [2.45, 2.75) is 59.2 Å². The van der Waals surface area contributed by atoms with Gasteiger partial charge in [0.15, 0.2) is 0 Å². The molecule has 1 saturated heterocycles. The fourth-order valence-electron chi connectivity index (χ4n) is 3.17. The average molecular weight is 292 g/mol. The van der Waals surface area contributed by atoms with Crippen molar-refractivity contribution in [1.82, 2.24) is 10.2 Å². The lowest BCUT2D eigenvalue weighted by molar-refractivity contribution is 0.0990. The molecular weight excluding hydrogens is 263 g/mol. The van der Waals surface area contributed by atoms with Gasteiger partial charge in [0.25, 0.3) is 0 Å². The van der Waals surface area contributed by atoms with Gasteiger partial charge in [-0.2, -0.15) is 0 Å². The van der Waals surface area contributed by atoms with Gasteiger partial charge in [-0.1, -0.05) is 33.3 Å². The van der Waals surface area contributed by atoms with E-state index < -0.39 is 0 Å². The summed E-state index contributed by atoms with van der Waals surface area (Å²) in [6, 6.07) is 6.23. The van der Waals surface area contributed by atoms with Crippen LogP contribution in [0.25, 0.3) is 0 Å². The highest BCUT2D eigenvalue weighted by molar-refractivity contribution is 5.26. The third kappa shape index (κ3) is 4.04. The Morgan fingerprint density at radius 3 is 2.81 bits per heavy atom. The molecule has 2 rings (SSSR count). The van der Waals surface area contributed by atoms with Crippen LogP contribution in [0.4, 0.5) is 4.39 Å². The molecule has 1 aliphatic rings. The van der Waals surface area contributed by atoms with E-state index in [9.17, 15) is 4.39 Å². The van der Waals surface area contributed by atoms with Crippen LogP contribution in [-0.4, -0.2) is 30.1 Å². The quantitative estimate of drug-likeness (QED) is 0.889. The maximum atomic E-state index is 13.5. The summed E-state index contributed by atoms with van der Waals surface area (Å²) < 4.78 is 13.5. The zero-order chi connectivity index (χ0) is 15.4. The molecule has 1 N–H and O–H groups in total. The van der Waals surface area contributed by atoms with Gasteiger partial charge in [0.1, 0.15) is 5.82 Å². The summed E-state index contributed by atoms with van der Waals surface area (Å²) in [6.07, 6.45) is 2.33. The van der Waals surface area contributed by atoms with Crippen molar-refractivity contribution in [2.75, 3.05) is 13.1 Å². The van der Waals surface area contributed by atoms with Crippen LogP contribution in [0.2, 0.25) is 0 Å². The van der Waals surface area contributed by atoms with Gasteiger partial charge in [0, 0.05) is 31.7 Å². The van der Waals surface area contributed by atoms with Crippen molar-refractivity contribution in [3.05, 3.63) is 35.1 Å². The number of piperazine rings is 1. The first-order chi connectivity index (χ1) is 10.0. The van der Waals surface area contributed by atoms with E-state index in [0.29, 0.717) is 18.0 Å². The van der Waals surface area contributed by atoms with Gasteiger partial charge >= 0.3 is 0 Å². The van der Waals surface area contributed by atoms with Crippen molar-refractivity contribution in [3.8, 4) is 0 Å². The van der Waals surface area contributed by atoms with E-state index in [-0.39, 0.29) is 5.82 Å². The lowest BCUT2D eigenvalue weighted by Gasteiger charge is -2.42. The van der Waals surface area contributed by atoms with Crippen molar-refractivity contribution >= 4 is 0 Å². The molecule has 3 unspecified atom stereocenters. The Morgan fingerprint density at radius 1 is 1.38 bits per heavy atom. The monoisotopic (exact) mass is 292 g/mol. The van der Waals surface area contributed by atoms with E-state index in [2.05, 4.69) is 37.9 Å². The molecular formula is C18H29FN2. The van der Waals surface area contributed by atoms with Crippen LogP contribution in [0.5, 0.6) is 0 Å². The first-order valence-corrected chi connectivity index (χ1v) is 8.27. The number of nitrogens with one attached hydrogen (secondary N) is 1. The number of nitrogens with zero attached hydrogens (tertiary/aromatic N) is 1. The molecule has 118 valence electrons. The molecule has 1 aromatic carbocycles. The summed E-state index contributed by atoms with van der Waals surface area (Å²) in [4.78, 5) is 2.54. The molecule has 3 atom stereocenters. The second-order valence-corrected chi connectivity index (χ2v) is 6.46. The number of aryl methyl sites for hydroxylation is 1. The Bertz CT molecular complexity index is 461. The number of benzene rings is 1. The SMILES string of the molecule is CCC(C)C1CN(Cc2cc(F)ccc2C)C(CC)CN1. The lowest BCUT2D eigenvalue weighted by atomic mass is 9.94. The number of rotatable bonds is 5. The maximum Gasteiger partial charge on any atom is 0.123 e. The zero-order valence-electron chi connectivity index (χ0n) is 13.8. The van der Waals surface area contributed by atoms with Crippen LogP contribution in [0, 0.1) is 18.7 Å². The minimum Gasteiger partial charge on any atom is -0.311 e. The minimum atomic E-state index is -0.128. The Labute approximate surface area is 128 Å². The fourth-order valence-corrected chi connectivity index (χ4v) is 3.17. The van der Waals surface area contributed by atoms with Gasteiger partial charge in [-0.15, -0.1) is 0 Å². The van der Waals surface area contributed by atoms with E-state index in [1.807, 2.05) is 6.07 Å². The highest BCUT2D eigenvalue weighted by Crippen LogP contribution is 2.21. The molecule has 0 amide bonds. The molecule has 0 aliphatic carbocycles. The van der Waals surface area contributed by atoms with Gasteiger partial charge in [0.2, 0.25) is 0 Å². The van der Waals surface area contributed by atoms with E-state index in [4.69, 9.17) is 0 Å². The lowest BCUT2D eigenvalue weighted by Crippen LogP contribution is -2.57. The zero-order valence-corrected chi connectivity index (χ0v) is 13.8. The third-order valence-corrected chi connectivity index (χ3v) is 5.05. The Hall–Kier alpha value is -0.930. The second-order valence-electron chi connectivity index (χ2n) is 6.46. The van der Waals surface area contributed by atoms with Gasteiger partial charge in [-0.25, -0.2) is 4.39 Å². The number of hydrogen-bond donors (Lipinski definition) is 1. The average Bonchev–Trinajstić information content (AvgIpc) is 2.50. The van der Waals surface area contributed by atoms with E-state index >= 15 is 0 Å². The fraction of sp³-hybridized carbons (Fsp3) is 0.667. The van der Waals surface area contributed by atoms with Crippen LogP contribution >= 0.6 is 0 Å². The van der Waals surface area contributed by atoms with Crippen LogP contribution in [0.1, 0.15) is 44.7 Å². The molecule has 3 heteroatoms. The van der Waals surface area contributed by atoms with Crippen LogP contribution < -0.4 is 5.32 Å².